The minimum absolute atomic E-state index is 0.193. The van der Waals surface area contributed by atoms with Gasteiger partial charge >= 0.3 is 0 Å². The van der Waals surface area contributed by atoms with Gasteiger partial charge < -0.3 is 15.0 Å². The number of aliphatic hydroxyl groups is 2. The monoisotopic (exact) mass is 228 g/mol. The molecule has 1 aliphatic carbocycles. The van der Waals surface area contributed by atoms with E-state index in [0.717, 1.165) is 32.0 Å². The smallest absolute Gasteiger partial charge is 0.168 e. The molecule has 2 aliphatic rings. The minimum atomic E-state index is -1.32. The van der Waals surface area contributed by atoms with Gasteiger partial charge in [-0.2, -0.15) is 0 Å². The average molecular weight is 228 g/mol. The van der Waals surface area contributed by atoms with Crippen molar-refractivity contribution in [1.29, 1.82) is 0 Å². The predicted octanol–water partition coefficient (Wildman–Crippen LogP) is -0.462. The number of nitrogens with one attached hydrogen (secondary N) is 2. The largest absolute Gasteiger partial charge is 0.367 e. The summed E-state index contributed by atoms with van der Waals surface area (Å²) in [5.74, 6) is 0.666. The van der Waals surface area contributed by atoms with Crippen molar-refractivity contribution >= 4 is 6.29 Å². The van der Waals surface area contributed by atoms with Gasteiger partial charge in [0.2, 0.25) is 0 Å². The molecular weight excluding hydrogens is 208 g/mol. The van der Waals surface area contributed by atoms with Crippen molar-refractivity contribution in [3.63, 3.8) is 0 Å². The molecule has 5 heteroatoms. The first-order chi connectivity index (χ1) is 7.70. The van der Waals surface area contributed by atoms with Gasteiger partial charge in [-0.05, 0) is 31.6 Å². The van der Waals surface area contributed by atoms with Crippen LogP contribution in [-0.2, 0) is 4.79 Å². The first-order valence-electron chi connectivity index (χ1n) is 6.03. The van der Waals surface area contributed by atoms with Crippen LogP contribution in [0.15, 0.2) is 0 Å². The number of hydrogen-bond donors (Lipinski definition) is 4. The van der Waals surface area contributed by atoms with Crippen LogP contribution in [0.25, 0.3) is 0 Å². The Morgan fingerprint density at radius 1 is 1.19 bits per heavy atom. The van der Waals surface area contributed by atoms with Crippen LogP contribution in [0, 0.1) is 11.8 Å². The second kappa shape index (κ2) is 5.23. The third-order valence-electron chi connectivity index (χ3n) is 3.84. The van der Waals surface area contributed by atoms with Crippen molar-refractivity contribution in [2.45, 2.75) is 50.5 Å². The Bertz CT molecular complexity index is 247. The topological polar surface area (TPSA) is 81.6 Å². The van der Waals surface area contributed by atoms with Gasteiger partial charge in [0.15, 0.2) is 6.29 Å². The molecule has 0 aromatic carbocycles. The second-order valence-corrected chi connectivity index (χ2v) is 4.97. The molecule has 0 radical (unpaired) electrons. The van der Waals surface area contributed by atoms with Crippen LogP contribution in [-0.4, -0.2) is 34.9 Å². The summed E-state index contributed by atoms with van der Waals surface area (Å²) in [7, 11) is 0. The Hall–Kier alpha value is -0.490. The molecule has 16 heavy (non-hydrogen) atoms. The van der Waals surface area contributed by atoms with Crippen molar-refractivity contribution in [3.05, 3.63) is 0 Å². The SMILES string of the molecule is O=CC1CCCC(C2CC(C(O)O)NN2)C1. The molecule has 2 rings (SSSR count). The number of aliphatic hydroxyl groups excluding tert-OH is 1. The zero-order valence-electron chi connectivity index (χ0n) is 9.30. The molecular formula is C11H20N2O3. The third kappa shape index (κ3) is 2.60. The number of aldehydes is 1. The third-order valence-corrected chi connectivity index (χ3v) is 3.84. The highest BCUT2D eigenvalue weighted by molar-refractivity contribution is 5.53. The van der Waals surface area contributed by atoms with Crippen LogP contribution in [0.5, 0.6) is 0 Å². The summed E-state index contributed by atoms with van der Waals surface area (Å²) in [4.78, 5) is 10.8. The van der Waals surface area contributed by atoms with Crippen LogP contribution in [0.1, 0.15) is 32.1 Å². The fraction of sp³-hybridized carbons (Fsp3) is 0.909. The highest BCUT2D eigenvalue weighted by Crippen LogP contribution is 2.32. The van der Waals surface area contributed by atoms with Crippen LogP contribution in [0.2, 0.25) is 0 Å². The molecule has 1 heterocycles. The summed E-state index contributed by atoms with van der Waals surface area (Å²) in [5.41, 5.74) is 6.01. The maximum atomic E-state index is 10.8. The number of rotatable bonds is 3. The van der Waals surface area contributed by atoms with Crippen molar-refractivity contribution in [3.8, 4) is 0 Å². The highest BCUT2D eigenvalue weighted by atomic mass is 16.5. The number of carbonyl (C=O) groups is 1. The van der Waals surface area contributed by atoms with Gasteiger partial charge in [-0.3, -0.25) is 5.43 Å². The lowest BCUT2D eigenvalue weighted by atomic mass is 9.77. The summed E-state index contributed by atoms with van der Waals surface area (Å²) in [6.45, 7) is 0. The van der Waals surface area contributed by atoms with Gasteiger partial charge in [-0.1, -0.05) is 6.42 Å². The maximum absolute atomic E-state index is 10.8. The van der Waals surface area contributed by atoms with Crippen molar-refractivity contribution < 1.29 is 15.0 Å². The van der Waals surface area contributed by atoms with Crippen molar-refractivity contribution in [1.82, 2.24) is 10.9 Å². The minimum Gasteiger partial charge on any atom is -0.367 e. The van der Waals surface area contributed by atoms with Crippen LogP contribution >= 0.6 is 0 Å². The summed E-state index contributed by atoms with van der Waals surface area (Å²) in [6.07, 6.45) is 4.61. The molecule has 92 valence electrons. The van der Waals surface area contributed by atoms with Crippen LogP contribution in [0.4, 0.5) is 0 Å². The fourth-order valence-electron chi connectivity index (χ4n) is 2.87. The van der Waals surface area contributed by atoms with Gasteiger partial charge in [0.1, 0.15) is 6.29 Å². The standard InChI is InChI=1S/C11H20N2O3/c14-6-7-2-1-3-8(4-7)9-5-10(11(15)16)13-12-9/h6-13,15-16H,1-5H2. The lowest BCUT2D eigenvalue weighted by Gasteiger charge is -2.30. The van der Waals surface area contributed by atoms with Crippen molar-refractivity contribution in [2.24, 2.45) is 11.8 Å². The van der Waals surface area contributed by atoms with E-state index >= 15 is 0 Å². The van der Waals surface area contributed by atoms with E-state index in [1.165, 1.54) is 0 Å². The quantitative estimate of drug-likeness (QED) is 0.388. The summed E-state index contributed by atoms with van der Waals surface area (Å²) in [6, 6.07) is -0.0313. The molecule has 0 aromatic rings. The normalized spacial score (nSPS) is 40.2. The highest BCUT2D eigenvalue weighted by Gasteiger charge is 2.35. The zero-order chi connectivity index (χ0) is 11.5. The lowest BCUT2D eigenvalue weighted by Crippen LogP contribution is -2.41. The van der Waals surface area contributed by atoms with Crippen LogP contribution < -0.4 is 10.9 Å². The predicted molar refractivity (Wildman–Crippen MR) is 58.2 cm³/mol. The number of hydrogen-bond acceptors (Lipinski definition) is 5. The second-order valence-electron chi connectivity index (χ2n) is 4.97. The van der Waals surface area contributed by atoms with E-state index < -0.39 is 6.29 Å². The molecule has 2 fully saturated rings. The molecule has 0 spiro atoms. The van der Waals surface area contributed by atoms with E-state index in [0.29, 0.717) is 12.3 Å². The Morgan fingerprint density at radius 3 is 2.62 bits per heavy atom. The first-order valence-corrected chi connectivity index (χ1v) is 6.03. The number of carbonyl (C=O) groups excluding carboxylic acids is 1. The van der Waals surface area contributed by atoms with Gasteiger partial charge in [-0.15, -0.1) is 0 Å². The van der Waals surface area contributed by atoms with Gasteiger partial charge in [0, 0.05) is 12.0 Å². The Labute approximate surface area is 95.2 Å². The number of hydrazine groups is 1. The van der Waals surface area contributed by atoms with Crippen molar-refractivity contribution in [2.75, 3.05) is 0 Å². The van der Waals surface area contributed by atoms with E-state index in [-0.39, 0.29) is 18.0 Å². The van der Waals surface area contributed by atoms with E-state index in [9.17, 15) is 4.79 Å². The van der Waals surface area contributed by atoms with E-state index in [2.05, 4.69) is 10.9 Å². The molecule has 4 N–H and O–H groups in total. The molecule has 4 unspecified atom stereocenters. The summed E-state index contributed by atoms with van der Waals surface area (Å²) >= 11 is 0. The molecule has 0 bridgehead atoms. The van der Waals surface area contributed by atoms with E-state index in [4.69, 9.17) is 10.2 Å². The average Bonchev–Trinajstić information content (AvgIpc) is 2.78. The van der Waals surface area contributed by atoms with Gasteiger partial charge in [-0.25, -0.2) is 5.43 Å². The fourth-order valence-corrected chi connectivity index (χ4v) is 2.87. The molecule has 0 amide bonds. The lowest BCUT2D eigenvalue weighted by molar-refractivity contribution is -0.112. The summed E-state index contributed by atoms with van der Waals surface area (Å²) in [5, 5.41) is 18.1. The molecule has 5 nitrogen and oxygen atoms in total. The molecule has 4 atom stereocenters. The first kappa shape index (κ1) is 12.0. The Balaban J connectivity index is 1.86. The molecule has 0 aromatic heterocycles. The molecule has 1 saturated heterocycles. The van der Waals surface area contributed by atoms with Gasteiger partial charge in [0.05, 0.1) is 6.04 Å². The van der Waals surface area contributed by atoms with E-state index in [1.54, 1.807) is 0 Å². The Kier molecular flexibility index (Phi) is 3.91. The molecule has 1 aliphatic heterocycles. The maximum Gasteiger partial charge on any atom is 0.168 e. The summed E-state index contributed by atoms with van der Waals surface area (Å²) < 4.78 is 0. The zero-order valence-corrected chi connectivity index (χ0v) is 9.30. The van der Waals surface area contributed by atoms with E-state index in [1.807, 2.05) is 0 Å². The molecule has 1 saturated carbocycles. The van der Waals surface area contributed by atoms with Crippen LogP contribution in [0.3, 0.4) is 0 Å². The van der Waals surface area contributed by atoms with Gasteiger partial charge in [0.25, 0.3) is 0 Å². The Morgan fingerprint density at radius 2 is 2.00 bits per heavy atom.